The summed E-state index contributed by atoms with van der Waals surface area (Å²) in [5.41, 5.74) is 3.41. The number of guanidine groups is 1. The van der Waals surface area contributed by atoms with Crippen LogP contribution in [0.4, 0.5) is 5.69 Å². The molecule has 8 heteroatoms. The molecule has 1 rings (SSSR count). The van der Waals surface area contributed by atoms with Crippen molar-refractivity contribution in [1.29, 1.82) is 0 Å². The Hall–Kier alpha value is -0.150. The molecule has 5 nitrogen and oxygen atoms in total. The molecule has 0 fully saturated rings. The van der Waals surface area contributed by atoms with Crippen LogP contribution in [-0.4, -0.2) is 25.7 Å². The Morgan fingerprint density at radius 1 is 1.30 bits per heavy atom. The fraction of sp³-hybridized carbons (Fsp3) is 0.417. The number of ether oxygens (including phenoxy) is 1. The molecule has 1 aromatic rings. The van der Waals surface area contributed by atoms with Gasteiger partial charge in [-0.15, -0.1) is 0 Å². The van der Waals surface area contributed by atoms with Crippen LogP contribution in [0.3, 0.4) is 0 Å². The third-order valence-corrected chi connectivity index (χ3v) is 4.02. The van der Waals surface area contributed by atoms with Crippen molar-refractivity contribution in [1.82, 2.24) is 5.43 Å². The number of nitrogens with one attached hydrogen (secondary N) is 2. The average molecular weight is 473 g/mol. The Balaban J connectivity index is 2.66. The quantitative estimate of drug-likeness (QED) is 0.194. The number of hydrogen-bond acceptors (Lipinski definition) is 3. The molecule has 1 aromatic carbocycles. The van der Waals surface area contributed by atoms with Gasteiger partial charge in [0.1, 0.15) is 0 Å². The van der Waals surface area contributed by atoms with Gasteiger partial charge in [-0.2, -0.15) is 0 Å². The van der Waals surface area contributed by atoms with E-state index in [1.165, 1.54) is 0 Å². The third-order valence-electron chi connectivity index (χ3n) is 2.31. The smallest absolute Gasteiger partial charge is 0.210 e. The molecule has 0 aliphatic rings. The fourth-order valence-corrected chi connectivity index (χ4v) is 3.86. The number of nitrogens with two attached hydrogens (primary N) is 1. The molecule has 0 unspecified atom stereocenters. The second kappa shape index (κ2) is 9.73. The van der Waals surface area contributed by atoms with Crippen molar-refractivity contribution in [3.8, 4) is 0 Å². The highest BCUT2D eigenvalue weighted by atomic mass is 79.9. The average Bonchev–Trinajstić information content (AvgIpc) is 2.40. The SMILES string of the molecule is CCOCCCN=C(NN)Nc1c(Br)cc(Br)cc1Br. The first kappa shape index (κ1) is 17.9. The number of benzene rings is 1. The molecule has 0 saturated heterocycles. The van der Waals surface area contributed by atoms with Crippen LogP contribution in [0.25, 0.3) is 0 Å². The Morgan fingerprint density at radius 2 is 1.95 bits per heavy atom. The van der Waals surface area contributed by atoms with Crippen LogP contribution < -0.4 is 16.6 Å². The Bertz CT molecular complexity index is 445. The highest BCUT2D eigenvalue weighted by Gasteiger charge is 2.08. The maximum Gasteiger partial charge on any atom is 0.210 e. The fourth-order valence-electron chi connectivity index (χ4n) is 1.40. The zero-order valence-electron chi connectivity index (χ0n) is 11.0. The normalized spacial score (nSPS) is 11.6. The summed E-state index contributed by atoms with van der Waals surface area (Å²) >= 11 is 10.4. The van der Waals surface area contributed by atoms with E-state index in [4.69, 9.17) is 10.6 Å². The Kier molecular flexibility index (Phi) is 8.70. The number of nitrogens with zero attached hydrogens (tertiary/aromatic N) is 1. The molecule has 0 radical (unpaired) electrons. The first-order chi connectivity index (χ1) is 9.58. The maximum atomic E-state index is 5.48. The molecular weight excluding hydrogens is 456 g/mol. The molecule has 0 spiro atoms. The lowest BCUT2D eigenvalue weighted by Crippen LogP contribution is -2.36. The summed E-state index contributed by atoms with van der Waals surface area (Å²) in [6.07, 6.45) is 0.851. The maximum absolute atomic E-state index is 5.48. The predicted octanol–water partition coefficient (Wildman–Crippen LogP) is 3.63. The molecule has 112 valence electrons. The number of anilines is 1. The minimum Gasteiger partial charge on any atom is -0.382 e. The molecule has 0 saturated carbocycles. The van der Waals surface area contributed by atoms with E-state index in [1.54, 1.807) is 0 Å². The molecule has 0 aliphatic heterocycles. The summed E-state index contributed by atoms with van der Waals surface area (Å²) in [4.78, 5) is 4.35. The first-order valence-electron chi connectivity index (χ1n) is 6.08. The summed E-state index contributed by atoms with van der Waals surface area (Å²) in [6.45, 7) is 4.03. The van der Waals surface area contributed by atoms with Crippen molar-refractivity contribution in [2.24, 2.45) is 10.8 Å². The lowest BCUT2D eigenvalue weighted by Gasteiger charge is -2.13. The van der Waals surface area contributed by atoms with Crippen LogP contribution in [0.15, 0.2) is 30.5 Å². The zero-order valence-corrected chi connectivity index (χ0v) is 15.8. The van der Waals surface area contributed by atoms with Gasteiger partial charge in [0.05, 0.1) is 5.69 Å². The van der Waals surface area contributed by atoms with Gasteiger partial charge < -0.3 is 10.1 Å². The van der Waals surface area contributed by atoms with E-state index in [9.17, 15) is 0 Å². The van der Waals surface area contributed by atoms with E-state index in [2.05, 4.69) is 63.5 Å². The molecule has 0 aliphatic carbocycles. The Morgan fingerprint density at radius 3 is 2.50 bits per heavy atom. The van der Waals surface area contributed by atoms with Crippen LogP contribution in [0.1, 0.15) is 13.3 Å². The largest absolute Gasteiger partial charge is 0.382 e. The van der Waals surface area contributed by atoms with Gasteiger partial charge in [0.25, 0.3) is 0 Å². The summed E-state index contributed by atoms with van der Waals surface area (Å²) < 4.78 is 8.03. The van der Waals surface area contributed by atoms with E-state index in [-0.39, 0.29) is 0 Å². The molecule has 4 N–H and O–H groups in total. The van der Waals surface area contributed by atoms with Crippen LogP contribution in [0.2, 0.25) is 0 Å². The van der Waals surface area contributed by atoms with E-state index in [1.807, 2.05) is 19.1 Å². The van der Waals surface area contributed by atoms with Crippen molar-refractivity contribution in [2.45, 2.75) is 13.3 Å². The van der Waals surface area contributed by atoms with Gasteiger partial charge in [-0.1, -0.05) is 15.9 Å². The van der Waals surface area contributed by atoms with Crippen molar-refractivity contribution in [2.75, 3.05) is 25.1 Å². The second-order valence-corrected chi connectivity index (χ2v) is 6.42. The van der Waals surface area contributed by atoms with E-state index in [0.29, 0.717) is 19.1 Å². The Labute approximate surface area is 144 Å². The number of hydrazine groups is 1. The van der Waals surface area contributed by atoms with E-state index >= 15 is 0 Å². The zero-order chi connectivity index (χ0) is 15.0. The molecule has 0 atom stereocenters. The van der Waals surface area contributed by atoms with Gasteiger partial charge in [-0.25, -0.2) is 5.84 Å². The van der Waals surface area contributed by atoms with Gasteiger partial charge >= 0.3 is 0 Å². The molecule has 0 aromatic heterocycles. The predicted molar refractivity (Wildman–Crippen MR) is 93.9 cm³/mol. The number of aliphatic imine (C=N–C) groups is 1. The minimum atomic E-state index is 0.505. The van der Waals surface area contributed by atoms with Crippen molar-refractivity contribution in [3.05, 3.63) is 25.6 Å². The van der Waals surface area contributed by atoms with Crippen LogP contribution in [0.5, 0.6) is 0 Å². The van der Waals surface area contributed by atoms with Gasteiger partial charge in [0.2, 0.25) is 5.96 Å². The molecular formula is C12H17Br3N4O. The summed E-state index contributed by atoms with van der Waals surface area (Å²) in [6, 6.07) is 3.88. The van der Waals surface area contributed by atoms with Crippen molar-refractivity contribution in [3.63, 3.8) is 0 Å². The van der Waals surface area contributed by atoms with Crippen LogP contribution in [0, 0.1) is 0 Å². The van der Waals surface area contributed by atoms with Crippen molar-refractivity contribution < 1.29 is 4.74 Å². The molecule has 20 heavy (non-hydrogen) atoms. The van der Waals surface area contributed by atoms with E-state index < -0.39 is 0 Å². The second-order valence-electron chi connectivity index (χ2n) is 3.79. The summed E-state index contributed by atoms with van der Waals surface area (Å²) in [5, 5.41) is 3.14. The summed E-state index contributed by atoms with van der Waals surface area (Å²) in [5.74, 6) is 5.98. The van der Waals surface area contributed by atoms with Gasteiger partial charge in [-0.05, 0) is 57.3 Å². The molecule has 0 bridgehead atoms. The monoisotopic (exact) mass is 470 g/mol. The van der Waals surface area contributed by atoms with Crippen LogP contribution in [-0.2, 0) is 4.74 Å². The lowest BCUT2D eigenvalue weighted by molar-refractivity contribution is 0.146. The summed E-state index contributed by atoms with van der Waals surface area (Å²) in [7, 11) is 0. The van der Waals surface area contributed by atoms with Crippen molar-refractivity contribution >= 4 is 59.4 Å². The highest BCUT2D eigenvalue weighted by molar-refractivity contribution is 9.11. The van der Waals surface area contributed by atoms with Gasteiger partial charge in [0.15, 0.2) is 0 Å². The highest BCUT2D eigenvalue weighted by Crippen LogP contribution is 2.34. The topological polar surface area (TPSA) is 71.7 Å². The van der Waals surface area contributed by atoms with Gasteiger partial charge in [0, 0.05) is 33.2 Å². The van der Waals surface area contributed by atoms with Crippen LogP contribution >= 0.6 is 47.8 Å². The molecule has 0 heterocycles. The first-order valence-corrected chi connectivity index (χ1v) is 8.46. The minimum absolute atomic E-state index is 0.505. The molecule has 0 amide bonds. The number of rotatable bonds is 6. The third kappa shape index (κ3) is 6.09. The van der Waals surface area contributed by atoms with Gasteiger partial charge in [-0.3, -0.25) is 10.4 Å². The number of halogens is 3. The number of hydrogen-bond donors (Lipinski definition) is 3. The van der Waals surface area contributed by atoms with E-state index in [0.717, 1.165) is 32.1 Å². The standard InChI is InChI=1S/C12H17Br3N4O/c1-2-20-5-3-4-17-12(19-16)18-11-9(14)6-8(13)7-10(11)15/h6-7H,2-5,16H2,1H3,(H2,17,18,19). The lowest BCUT2D eigenvalue weighted by atomic mass is 10.3.